The number of aryl methyl sites for hydroxylation is 4. The van der Waals surface area contributed by atoms with E-state index in [0.717, 1.165) is 17.4 Å². The smallest absolute Gasteiger partial charge is 0.139 e. The third-order valence-corrected chi connectivity index (χ3v) is 7.18. The lowest BCUT2D eigenvalue weighted by Crippen LogP contribution is -2.49. The molecule has 2 atom stereocenters. The normalized spacial score (nSPS) is 21.0. The number of rotatable bonds is 4. The van der Waals surface area contributed by atoms with Crippen LogP contribution in [-0.2, 0) is 0 Å². The fraction of sp³-hybridized carbons (Fsp3) is 0.435. The van der Waals surface area contributed by atoms with Crippen molar-refractivity contribution in [1.29, 1.82) is 0 Å². The van der Waals surface area contributed by atoms with E-state index in [2.05, 4.69) is 87.7 Å². The molecular weight excluding hydrogens is 368 g/mol. The SMILES string of the molecule is CCN1C(=S)SC(c2cc(C)ccc2C)N(CC)C1c1cc(C)ccc1C. The average molecular weight is 399 g/mol. The highest BCUT2D eigenvalue weighted by Gasteiger charge is 2.40. The zero-order chi connectivity index (χ0) is 19.7. The van der Waals surface area contributed by atoms with Gasteiger partial charge in [-0.1, -0.05) is 78.4 Å². The van der Waals surface area contributed by atoms with Crippen LogP contribution in [0.4, 0.5) is 0 Å². The van der Waals surface area contributed by atoms with Crippen molar-refractivity contribution in [2.24, 2.45) is 0 Å². The second-order valence-corrected chi connectivity index (χ2v) is 9.16. The minimum absolute atomic E-state index is 0.179. The molecule has 0 N–H and O–H groups in total. The Morgan fingerprint density at radius 2 is 1.41 bits per heavy atom. The summed E-state index contributed by atoms with van der Waals surface area (Å²) in [5.41, 5.74) is 8.03. The number of thiocarbonyl (C=S) groups is 1. The topological polar surface area (TPSA) is 6.48 Å². The molecule has 0 aromatic heterocycles. The fourth-order valence-corrected chi connectivity index (χ4v) is 5.77. The first-order valence-electron chi connectivity index (χ1n) is 9.74. The maximum absolute atomic E-state index is 5.90. The van der Waals surface area contributed by atoms with E-state index in [1.807, 2.05) is 11.8 Å². The Morgan fingerprint density at radius 3 is 1.96 bits per heavy atom. The summed E-state index contributed by atoms with van der Waals surface area (Å²) in [5, 5.41) is 0.245. The molecule has 0 spiro atoms. The van der Waals surface area contributed by atoms with Crippen molar-refractivity contribution in [3.8, 4) is 0 Å². The van der Waals surface area contributed by atoms with Crippen LogP contribution in [0, 0.1) is 27.7 Å². The van der Waals surface area contributed by atoms with E-state index < -0.39 is 0 Å². The summed E-state index contributed by atoms with van der Waals surface area (Å²) < 4.78 is 0.999. The summed E-state index contributed by atoms with van der Waals surface area (Å²) in [6.07, 6.45) is 0.179. The van der Waals surface area contributed by atoms with Gasteiger partial charge < -0.3 is 4.90 Å². The molecule has 0 radical (unpaired) electrons. The summed E-state index contributed by atoms with van der Waals surface area (Å²) >= 11 is 7.72. The minimum atomic E-state index is 0.179. The largest absolute Gasteiger partial charge is 0.338 e. The van der Waals surface area contributed by atoms with Crippen molar-refractivity contribution < 1.29 is 0 Å². The van der Waals surface area contributed by atoms with Gasteiger partial charge in [0.2, 0.25) is 0 Å². The molecule has 2 unspecified atom stereocenters. The van der Waals surface area contributed by atoms with Crippen LogP contribution in [0.3, 0.4) is 0 Å². The number of nitrogens with zero attached hydrogens (tertiary/aromatic N) is 2. The molecule has 1 aliphatic heterocycles. The molecule has 0 aliphatic carbocycles. The van der Waals surface area contributed by atoms with Gasteiger partial charge in [0.05, 0.1) is 5.37 Å². The molecule has 2 nitrogen and oxygen atoms in total. The molecule has 0 saturated carbocycles. The van der Waals surface area contributed by atoms with Gasteiger partial charge in [0.1, 0.15) is 10.5 Å². The molecular formula is C23H30N2S2. The lowest BCUT2D eigenvalue weighted by molar-refractivity contribution is 0.0844. The van der Waals surface area contributed by atoms with Crippen LogP contribution >= 0.6 is 24.0 Å². The molecule has 2 aromatic carbocycles. The molecule has 0 amide bonds. The molecule has 2 aromatic rings. The van der Waals surface area contributed by atoms with E-state index in [0.29, 0.717) is 0 Å². The Hall–Kier alpha value is -1.36. The summed E-state index contributed by atoms with van der Waals surface area (Å²) in [5.74, 6) is 0. The van der Waals surface area contributed by atoms with Crippen LogP contribution in [-0.4, -0.2) is 27.2 Å². The van der Waals surface area contributed by atoms with Crippen molar-refractivity contribution >= 4 is 28.3 Å². The van der Waals surface area contributed by atoms with Gasteiger partial charge in [-0.25, -0.2) is 0 Å². The van der Waals surface area contributed by atoms with E-state index in [1.54, 1.807) is 0 Å². The fourth-order valence-electron chi connectivity index (χ4n) is 3.93. The molecule has 1 fully saturated rings. The standard InChI is InChI=1S/C23H30N2S2/c1-7-24-21(19-13-15(3)9-11-17(19)5)25(8-2)23(26)27-22(24)20-14-16(4)10-12-18(20)6/h9-14,21-22H,7-8H2,1-6H3. The highest BCUT2D eigenvalue weighted by Crippen LogP contribution is 2.47. The number of thioether (sulfide) groups is 1. The molecule has 3 rings (SSSR count). The van der Waals surface area contributed by atoms with Crippen LogP contribution < -0.4 is 0 Å². The molecule has 1 saturated heterocycles. The highest BCUT2D eigenvalue weighted by atomic mass is 32.2. The van der Waals surface area contributed by atoms with E-state index >= 15 is 0 Å². The summed E-state index contributed by atoms with van der Waals surface area (Å²) in [6, 6.07) is 13.5. The van der Waals surface area contributed by atoms with E-state index in [4.69, 9.17) is 12.2 Å². The Kier molecular flexibility index (Phi) is 6.29. The summed E-state index contributed by atoms with van der Waals surface area (Å²) in [6.45, 7) is 15.1. The second kappa shape index (κ2) is 8.34. The summed E-state index contributed by atoms with van der Waals surface area (Å²) in [4.78, 5) is 4.99. The van der Waals surface area contributed by atoms with Crippen LogP contribution in [0.5, 0.6) is 0 Å². The van der Waals surface area contributed by atoms with Crippen LogP contribution in [0.1, 0.15) is 58.8 Å². The van der Waals surface area contributed by atoms with Crippen molar-refractivity contribution in [3.63, 3.8) is 0 Å². The quantitative estimate of drug-likeness (QED) is 0.558. The van der Waals surface area contributed by atoms with Crippen LogP contribution in [0.2, 0.25) is 0 Å². The number of hydrogen-bond donors (Lipinski definition) is 0. The van der Waals surface area contributed by atoms with Gasteiger partial charge in [0.25, 0.3) is 0 Å². The third-order valence-electron chi connectivity index (χ3n) is 5.48. The first-order chi connectivity index (χ1) is 12.9. The molecule has 0 bridgehead atoms. The van der Waals surface area contributed by atoms with Crippen molar-refractivity contribution in [2.75, 3.05) is 13.1 Å². The van der Waals surface area contributed by atoms with Gasteiger partial charge in [0, 0.05) is 6.54 Å². The average Bonchev–Trinajstić information content (AvgIpc) is 2.64. The Balaban J connectivity index is 2.15. The molecule has 4 heteroatoms. The molecule has 1 heterocycles. The third kappa shape index (κ3) is 3.94. The minimum Gasteiger partial charge on any atom is -0.338 e. The zero-order valence-electron chi connectivity index (χ0n) is 17.2. The number of hydrogen-bond acceptors (Lipinski definition) is 3. The van der Waals surface area contributed by atoms with Gasteiger partial charge >= 0.3 is 0 Å². The first kappa shape index (κ1) is 20.4. The predicted molar refractivity (Wildman–Crippen MR) is 122 cm³/mol. The van der Waals surface area contributed by atoms with Crippen molar-refractivity contribution in [3.05, 3.63) is 69.8 Å². The Labute approximate surface area is 173 Å². The van der Waals surface area contributed by atoms with E-state index in [-0.39, 0.29) is 11.5 Å². The predicted octanol–water partition coefficient (Wildman–Crippen LogP) is 6.29. The van der Waals surface area contributed by atoms with Gasteiger partial charge in [0.15, 0.2) is 0 Å². The van der Waals surface area contributed by atoms with E-state index in [9.17, 15) is 0 Å². The lowest BCUT2D eigenvalue weighted by Gasteiger charge is -2.49. The van der Waals surface area contributed by atoms with Crippen molar-refractivity contribution in [2.45, 2.75) is 53.1 Å². The molecule has 1 aliphatic rings. The Morgan fingerprint density at radius 1 is 0.852 bits per heavy atom. The lowest BCUT2D eigenvalue weighted by atomic mass is 9.99. The Bertz CT molecular complexity index is 846. The molecule has 27 heavy (non-hydrogen) atoms. The highest BCUT2D eigenvalue weighted by molar-refractivity contribution is 8.23. The van der Waals surface area contributed by atoms with E-state index in [1.165, 1.54) is 33.4 Å². The first-order valence-corrected chi connectivity index (χ1v) is 11.0. The van der Waals surface area contributed by atoms with Gasteiger partial charge in [-0.15, -0.1) is 0 Å². The number of benzene rings is 2. The van der Waals surface area contributed by atoms with Crippen LogP contribution in [0.15, 0.2) is 36.4 Å². The molecule has 144 valence electrons. The maximum Gasteiger partial charge on any atom is 0.139 e. The monoisotopic (exact) mass is 398 g/mol. The van der Waals surface area contributed by atoms with Gasteiger partial charge in [-0.05, 0) is 63.4 Å². The zero-order valence-corrected chi connectivity index (χ0v) is 18.9. The van der Waals surface area contributed by atoms with Crippen LogP contribution in [0.25, 0.3) is 0 Å². The van der Waals surface area contributed by atoms with Gasteiger partial charge in [-0.2, -0.15) is 0 Å². The maximum atomic E-state index is 5.90. The van der Waals surface area contributed by atoms with Crippen molar-refractivity contribution in [1.82, 2.24) is 9.80 Å². The summed E-state index contributed by atoms with van der Waals surface area (Å²) in [7, 11) is 0. The second-order valence-electron chi connectivity index (χ2n) is 7.45. The van der Waals surface area contributed by atoms with Gasteiger partial charge in [-0.3, -0.25) is 4.90 Å².